The monoisotopic (exact) mass is 313 g/mol. The lowest BCUT2D eigenvalue weighted by atomic mass is 10.1. The minimum absolute atomic E-state index is 0.362. The van der Waals surface area contributed by atoms with Gasteiger partial charge in [0.2, 0.25) is 0 Å². The summed E-state index contributed by atoms with van der Waals surface area (Å²) in [6.45, 7) is 9.73. The van der Waals surface area contributed by atoms with Crippen LogP contribution in [0, 0.1) is 5.92 Å². The van der Waals surface area contributed by atoms with E-state index in [9.17, 15) is 5.11 Å². The van der Waals surface area contributed by atoms with Gasteiger partial charge < -0.3 is 10.0 Å². The van der Waals surface area contributed by atoms with E-state index in [0.717, 1.165) is 36.1 Å². The maximum absolute atomic E-state index is 10.1. The van der Waals surface area contributed by atoms with Crippen molar-refractivity contribution in [3.8, 4) is 0 Å². The predicted molar refractivity (Wildman–Crippen MR) is 80.7 cm³/mol. The third kappa shape index (κ3) is 5.51. The van der Waals surface area contributed by atoms with Crippen molar-refractivity contribution in [2.24, 2.45) is 5.92 Å². The van der Waals surface area contributed by atoms with E-state index in [1.807, 2.05) is 24.3 Å². The zero-order chi connectivity index (χ0) is 13.5. The van der Waals surface area contributed by atoms with Gasteiger partial charge in [-0.3, -0.25) is 0 Å². The lowest BCUT2D eigenvalue weighted by molar-refractivity contribution is 0.139. The molecule has 1 N–H and O–H groups in total. The highest BCUT2D eigenvalue weighted by Crippen LogP contribution is 2.19. The van der Waals surface area contributed by atoms with Crippen LogP contribution in [0.25, 0.3) is 0 Å². The van der Waals surface area contributed by atoms with Crippen molar-refractivity contribution in [3.63, 3.8) is 0 Å². The number of rotatable bonds is 7. The van der Waals surface area contributed by atoms with E-state index in [1.165, 1.54) is 0 Å². The smallest absolute Gasteiger partial charge is 0.0802 e. The molecular weight excluding hydrogens is 290 g/mol. The first-order chi connectivity index (χ1) is 8.52. The summed E-state index contributed by atoms with van der Waals surface area (Å²) in [4.78, 5) is 2.40. The number of halogens is 1. The Balaban J connectivity index is 2.44. The van der Waals surface area contributed by atoms with Crippen molar-refractivity contribution in [2.45, 2.75) is 33.3 Å². The molecule has 3 heteroatoms. The van der Waals surface area contributed by atoms with Gasteiger partial charge in [-0.2, -0.15) is 0 Å². The Bertz CT molecular complexity index is 337. The summed E-state index contributed by atoms with van der Waals surface area (Å²) in [6.07, 6.45) is 0.432. The van der Waals surface area contributed by atoms with E-state index in [0.29, 0.717) is 5.92 Å². The molecule has 0 aromatic heterocycles. The lowest BCUT2D eigenvalue weighted by Gasteiger charge is -2.23. The standard InChI is InChI=1S/C15H24BrNO/c1-4-17(11-12(2)3)10-9-15(18)13-5-7-14(16)8-6-13/h5-8,12,15,18H,4,9-11H2,1-3H3. The quantitative estimate of drug-likeness (QED) is 0.826. The first-order valence-electron chi connectivity index (χ1n) is 6.68. The number of hydrogen-bond donors (Lipinski definition) is 1. The Kier molecular flexibility index (Phi) is 6.90. The van der Waals surface area contributed by atoms with Crippen LogP contribution in [0.4, 0.5) is 0 Å². The topological polar surface area (TPSA) is 23.5 Å². The van der Waals surface area contributed by atoms with E-state index in [-0.39, 0.29) is 6.10 Å². The molecule has 0 radical (unpaired) electrons. The van der Waals surface area contributed by atoms with Crippen LogP contribution in [-0.2, 0) is 0 Å². The second-order valence-electron chi connectivity index (χ2n) is 5.14. The molecule has 1 unspecified atom stereocenters. The summed E-state index contributed by atoms with van der Waals surface area (Å²) >= 11 is 3.41. The minimum atomic E-state index is -0.362. The van der Waals surface area contributed by atoms with Crippen LogP contribution in [0.15, 0.2) is 28.7 Å². The molecule has 0 aliphatic carbocycles. The van der Waals surface area contributed by atoms with E-state index >= 15 is 0 Å². The van der Waals surface area contributed by atoms with Gasteiger partial charge in [0.15, 0.2) is 0 Å². The summed E-state index contributed by atoms with van der Waals surface area (Å²) in [5.41, 5.74) is 0.999. The van der Waals surface area contributed by atoms with Gasteiger partial charge in [0, 0.05) is 17.6 Å². The van der Waals surface area contributed by atoms with Crippen LogP contribution in [-0.4, -0.2) is 29.6 Å². The van der Waals surface area contributed by atoms with Crippen LogP contribution in [0.3, 0.4) is 0 Å². The molecule has 0 saturated heterocycles. The third-order valence-corrected chi connectivity index (χ3v) is 3.57. The maximum Gasteiger partial charge on any atom is 0.0802 e. The molecule has 102 valence electrons. The highest BCUT2D eigenvalue weighted by Gasteiger charge is 2.11. The molecule has 0 saturated carbocycles. The summed E-state index contributed by atoms with van der Waals surface area (Å²) in [7, 11) is 0. The van der Waals surface area contributed by atoms with Gasteiger partial charge in [0.25, 0.3) is 0 Å². The predicted octanol–water partition coefficient (Wildman–Crippen LogP) is 3.85. The molecule has 0 aliphatic heterocycles. The summed E-state index contributed by atoms with van der Waals surface area (Å²) < 4.78 is 1.05. The van der Waals surface area contributed by atoms with Gasteiger partial charge >= 0.3 is 0 Å². The molecular formula is C15H24BrNO. The van der Waals surface area contributed by atoms with Crippen LogP contribution in [0.1, 0.15) is 38.9 Å². The van der Waals surface area contributed by atoms with Crippen LogP contribution >= 0.6 is 15.9 Å². The van der Waals surface area contributed by atoms with Crippen molar-refractivity contribution in [1.82, 2.24) is 4.90 Å². The highest BCUT2D eigenvalue weighted by molar-refractivity contribution is 9.10. The van der Waals surface area contributed by atoms with Crippen molar-refractivity contribution in [3.05, 3.63) is 34.3 Å². The highest BCUT2D eigenvalue weighted by atomic mass is 79.9. The van der Waals surface area contributed by atoms with Crippen molar-refractivity contribution in [1.29, 1.82) is 0 Å². The van der Waals surface area contributed by atoms with E-state index in [1.54, 1.807) is 0 Å². The number of nitrogens with zero attached hydrogens (tertiary/aromatic N) is 1. The lowest BCUT2D eigenvalue weighted by Crippen LogP contribution is -2.29. The molecule has 1 aromatic rings. The number of hydrogen-bond acceptors (Lipinski definition) is 2. The Labute approximate surface area is 119 Å². The average molecular weight is 314 g/mol. The summed E-state index contributed by atoms with van der Waals surface area (Å²) in [6, 6.07) is 7.91. The first-order valence-corrected chi connectivity index (χ1v) is 7.48. The van der Waals surface area contributed by atoms with Gasteiger partial charge in [-0.25, -0.2) is 0 Å². The molecule has 1 rings (SSSR count). The average Bonchev–Trinajstić information content (AvgIpc) is 2.34. The van der Waals surface area contributed by atoms with Crippen LogP contribution in [0.5, 0.6) is 0 Å². The van der Waals surface area contributed by atoms with Gasteiger partial charge in [0.05, 0.1) is 6.10 Å². The van der Waals surface area contributed by atoms with Crippen molar-refractivity contribution >= 4 is 15.9 Å². The first kappa shape index (κ1) is 15.7. The fraction of sp³-hybridized carbons (Fsp3) is 0.600. The van der Waals surface area contributed by atoms with Gasteiger partial charge in [0.1, 0.15) is 0 Å². The normalized spacial score (nSPS) is 13.3. The third-order valence-electron chi connectivity index (χ3n) is 3.04. The summed E-state index contributed by atoms with van der Waals surface area (Å²) in [5.74, 6) is 0.676. The minimum Gasteiger partial charge on any atom is -0.388 e. The van der Waals surface area contributed by atoms with Crippen molar-refractivity contribution in [2.75, 3.05) is 19.6 Å². The second kappa shape index (κ2) is 7.93. The number of aliphatic hydroxyl groups excluding tert-OH is 1. The van der Waals surface area contributed by atoms with E-state index in [4.69, 9.17) is 0 Å². The van der Waals surface area contributed by atoms with Gasteiger partial charge in [-0.15, -0.1) is 0 Å². The molecule has 0 heterocycles. The molecule has 0 fully saturated rings. The van der Waals surface area contributed by atoms with E-state index in [2.05, 4.69) is 41.6 Å². The Morgan fingerprint density at radius 2 is 1.83 bits per heavy atom. The molecule has 0 bridgehead atoms. The SMILES string of the molecule is CCN(CCC(O)c1ccc(Br)cc1)CC(C)C. The zero-order valence-corrected chi connectivity index (χ0v) is 13.2. The molecule has 1 aromatic carbocycles. The Morgan fingerprint density at radius 3 is 2.33 bits per heavy atom. The fourth-order valence-corrected chi connectivity index (χ4v) is 2.32. The van der Waals surface area contributed by atoms with Gasteiger partial charge in [-0.05, 0) is 36.6 Å². The molecule has 1 atom stereocenters. The number of aliphatic hydroxyl groups is 1. The summed E-state index contributed by atoms with van der Waals surface area (Å²) in [5, 5.41) is 10.1. The molecule has 18 heavy (non-hydrogen) atoms. The number of benzene rings is 1. The molecule has 0 spiro atoms. The molecule has 0 amide bonds. The van der Waals surface area contributed by atoms with Crippen LogP contribution in [0.2, 0.25) is 0 Å². The van der Waals surface area contributed by atoms with Crippen molar-refractivity contribution < 1.29 is 5.11 Å². The molecule has 0 aliphatic rings. The van der Waals surface area contributed by atoms with Crippen LogP contribution < -0.4 is 0 Å². The fourth-order valence-electron chi connectivity index (χ4n) is 2.05. The second-order valence-corrected chi connectivity index (χ2v) is 6.06. The largest absolute Gasteiger partial charge is 0.388 e. The van der Waals surface area contributed by atoms with E-state index < -0.39 is 0 Å². The van der Waals surface area contributed by atoms with Gasteiger partial charge in [-0.1, -0.05) is 48.8 Å². The zero-order valence-electron chi connectivity index (χ0n) is 11.6. The Morgan fingerprint density at radius 1 is 1.22 bits per heavy atom. The Hall–Kier alpha value is -0.380. The maximum atomic E-state index is 10.1. The molecule has 2 nitrogen and oxygen atoms in total.